The molecule has 0 bridgehead atoms. The highest BCUT2D eigenvalue weighted by Gasteiger charge is 2.18. The van der Waals surface area contributed by atoms with E-state index in [9.17, 15) is 15.2 Å². The van der Waals surface area contributed by atoms with Crippen LogP contribution in [-0.4, -0.2) is 10.0 Å². The molecule has 0 fully saturated rings. The smallest absolute Gasteiger partial charge is 0.274 e. The second-order valence-electron chi connectivity index (χ2n) is 5.14. The van der Waals surface area contributed by atoms with Crippen LogP contribution in [0.2, 0.25) is 0 Å². The Kier molecular flexibility index (Phi) is 4.12. The molecule has 2 aromatic rings. The van der Waals surface area contributed by atoms with Gasteiger partial charge in [0, 0.05) is 11.8 Å². The van der Waals surface area contributed by atoms with Crippen LogP contribution in [0.15, 0.2) is 36.4 Å². The van der Waals surface area contributed by atoms with Gasteiger partial charge in [-0.3, -0.25) is 10.1 Å². The first-order valence-electron chi connectivity index (χ1n) is 6.70. The number of aryl methyl sites for hydroxylation is 2. The number of nitrogens with one attached hydrogen (secondary N) is 1. The van der Waals surface area contributed by atoms with Crippen LogP contribution < -0.4 is 5.32 Å². The van der Waals surface area contributed by atoms with Gasteiger partial charge in [0.2, 0.25) is 0 Å². The number of nitrogens with zero attached hydrogens (tertiary/aromatic N) is 1. The highest BCUT2D eigenvalue weighted by molar-refractivity contribution is 5.58. The number of hydrogen-bond acceptors (Lipinski definition) is 4. The summed E-state index contributed by atoms with van der Waals surface area (Å²) < 4.78 is 0. The van der Waals surface area contributed by atoms with Crippen molar-refractivity contribution >= 4 is 11.4 Å². The maximum absolute atomic E-state index is 11.1. The highest BCUT2D eigenvalue weighted by Crippen LogP contribution is 2.31. The first-order valence-corrected chi connectivity index (χ1v) is 6.70. The molecule has 0 aliphatic rings. The Balaban J connectivity index is 2.33. The Morgan fingerprint density at radius 1 is 1.19 bits per heavy atom. The summed E-state index contributed by atoms with van der Waals surface area (Å²) in [6.07, 6.45) is 0. The highest BCUT2D eigenvalue weighted by atomic mass is 16.6. The number of hydrogen-bond donors (Lipinski definition) is 2. The lowest BCUT2D eigenvalue weighted by molar-refractivity contribution is -0.385. The molecule has 0 heterocycles. The minimum atomic E-state index is -0.373. The van der Waals surface area contributed by atoms with E-state index >= 15 is 0 Å². The molecule has 0 aliphatic heterocycles. The molecule has 1 atom stereocenters. The van der Waals surface area contributed by atoms with Gasteiger partial charge >= 0.3 is 0 Å². The van der Waals surface area contributed by atoms with E-state index in [4.69, 9.17) is 0 Å². The van der Waals surface area contributed by atoms with E-state index in [1.54, 1.807) is 24.3 Å². The molecule has 0 aliphatic carbocycles. The van der Waals surface area contributed by atoms with Crippen molar-refractivity contribution in [3.63, 3.8) is 0 Å². The van der Waals surface area contributed by atoms with Gasteiger partial charge in [-0.05, 0) is 44.0 Å². The predicted molar refractivity (Wildman–Crippen MR) is 82.7 cm³/mol. The van der Waals surface area contributed by atoms with Gasteiger partial charge in [-0.2, -0.15) is 0 Å². The second kappa shape index (κ2) is 5.83. The van der Waals surface area contributed by atoms with Crippen molar-refractivity contribution in [2.24, 2.45) is 0 Å². The summed E-state index contributed by atoms with van der Waals surface area (Å²) in [6, 6.07) is 10.0. The van der Waals surface area contributed by atoms with E-state index in [0.29, 0.717) is 5.56 Å². The largest absolute Gasteiger partial charge is 0.508 e. The van der Waals surface area contributed by atoms with Crippen LogP contribution in [0, 0.1) is 24.0 Å². The maximum Gasteiger partial charge on any atom is 0.274 e. The lowest BCUT2D eigenvalue weighted by Crippen LogP contribution is -2.10. The van der Waals surface area contributed by atoms with Crippen LogP contribution >= 0.6 is 0 Å². The molecule has 5 heteroatoms. The van der Waals surface area contributed by atoms with Crippen molar-refractivity contribution in [1.29, 1.82) is 0 Å². The van der Waals surface area contributed by atoms with Crippen LogP contribution in [0.3, 0.4) is 0 Å². The Morgan fingerprint density at radius 3 is 2.52 bits per heavy atom. The summed E-state index contributed by atoms with van der Waals surface area (Å²) >= 11 is 0. The molecule has 5 nitrogen and oxygen atoms in total. The van der Waals surface area contributed by atoms with Gasteiger partial charge in [0.15, 0.2) is 0 Å². The predicted octanol–water partition coefficient (Wildman–Crippen LogP) is 4.09. The first-order chi connectivity index (χ1) is 9.90. The standard InChI is InChI=1S/C16H18N2O3/c1-10-9-16(19)11(2)8-14(10)17-12(3)13-6-4-5-7-15(13)18(20)21/h4-9,12,17,19H,1-3H3. The van der Waals surface area contributed by atoms with Gasteiger partial charge in [0.05, 0.1) is 16.5 Å². The van der Waals surface area contributed by atoms with Gasteiger partial charge in [0.25, 0.3) is 5.69 Å². The second-order valence-corrected chi connectivity index (χ2v) is 5.14. The molecule has 110 valence electrons. The zero-order valence-electron chi connectivity index (χ0n) is 12.3. The summed E-state index contributed by atoms with van der Waals surface area (Å²) in [5.41, 5.74) is 3.25. The number of phenols is 1. The third kappa shape index (κ3) is 3.13. The molecule has 2 rings (SSSR count). The zero-order valence-corrected chi connectivity index (χ0v) is 12.3. The zero-order chi connectivity index (χ0) is 15.6. The molecule has 0 aromatic heterocycles. The molecule has 2 aromatic carbocycles. The average molecular weight is 286 g/mol. The van der Waals surface area contributed by atoms with Crippen molar-refractivity contribution in [2.75, 3.05) is 5.32 Å². The van der Waals surface area contributed by atoms with Crippen LogP contribution in [0.5, 0.6) is 5.75 Å². The SMILES string of the molecule is Cc1cc(NC(C)c2ccccc2[N+](=O)[O-])c(C)cc1O. The molecule has 21 heavy (non-hydrogen) atoms. The number of anilines is 1. The van der Waals surface area contributed by atoms with Gasteiger partial charge < -0.3 is 10.4 Å². The fourth-order valence-corrected chi connectivity index (χ4v) is 2.29. The summed E-state index contributed by atoms with van der Waals surface area (Å²) in [6.45, 7) is 5.58. The average Bonchev–Trinajstić information content (AvgIpc) is 2.44. The van der Waals surface area contributed by atoms with Crippen LogP contribution in [-0.2, 0) is 0 Å². The van der Waals surface area contributed by atoms with E-state index in [-0.39, 0.29) is 22.4 Å². The number of rotatable bonds is 4. The number of benzene rings is 2. The quantitative estimate of drug-likeness (QED) is 0.504. The van der Waals surface area contributed by atoms with Crippen molar-refractivity contribution in [3.8, 4) is 5.75 Å². The van der Waals surface area contributed by atoms with Crippen LogP contribution in [0.25, 0.3) is 0 Å². The number of para-hydroxylation sites is 1. The fourth-order valence-electron chi connectivity index (χ4n) is 2.29. The van der Waals surface area contributed by atoms with E-state index in [1.165, 1.54) is 6.07 Å². The lowest BCUT2D eigenvalue weighted by atomic mass is 10.0. The molecule has 1 unspecified atom stereocenters. The number of aromatic hydroxyl groups is 1. The summed E-state index contributed by atoms with van der Waals surface area (Å²) in [5.74, 6) is 0.247. The van der Waals surface area contributed by atoms with Gasteiger partial charge in [-0.1, -0.05) is 18.2 Å². The third-order valence-corrected chi connectivity index (χ3v) is 3.51. The van der Waals surface area contributed by atoms with Crippen LogP contribution in [0.1, 0.15) is 29.7 Å². The number of phenolic OH excluding ortho intramolecular Hbond substituents is 1. The minimum absolute atomic E-state index is 0.102. The number of nitro groups is 1. The van der Waals surface area contributed by atoms with E-state index in [1.807, 2.05) is 26.8 Å². The molecular formula is C16H18N2O3. The molecule has 0 amide bonds. The molecule has 0 spiro atoms. The fraction of sp³-hybridized carbons (Fsp3) is 0.250. The monoisotopic (exact) mass is 286 g/mol. The van der Waals surface area contributed by atoms with Crippen LogP contribution in [0.4, 0.5) is 11.4 Å². The van der Waals surface area contributed by atoms with Gasteiger partial charge in [-0.15, -0.1) is 0 Å². The van der Waals surface area contributed by atoms with Crippen molar-refractivity contribution < 1.29 is 10.0 Å². The summed E-state index contributed by atoms with van der Waals surface area (Å²) in [5, 5.41) is 24.0. The molecule has 2 N–H and O–H groups in total. The Labute approximate surface area is 123 Å². The Bertz CT molecular complexity index is 683. The normalized spacial score (nSPS) is 12.0. The van der Waals surface area contributed by atoms with Gasteiger partial charge in [-0.25, -0.2) is 0 Å². The Hall–Kier alpha value is -2.56. The van der Waals surface area contributed by atoms with E-state index in [2.05, 4.69) is 5.32 Å². The van der Waals surface area contributed by atoms with Gasteiger partial charge in [0.1, 0.15) is 5.75 Å². The lowest BCUT2D eigenvalue weighted by Gasteiger charge is -2.18. The molecular weight excluding hydrogens is 268 g/mol. The third-order valence-electron chi connectivity index (χ3n) is 3.51. The summed E-state index contributed by atoms with van der Waals surface area (Å²) in [7, 11) is 0. The van der Waals surface area contributed by atoms with Crippen molar-refractivity contribution in [1.82, 2.24) is 0 Å². The van der Waals surface area contributed by atoms with Crippen molar-refractivity contribution in [2.45, 2.75) is 26.8 Å². The first kappa shape index (κ1) is 14.8. The Morgan fingerprint density at radius 2 is 1.86 bits per heavy atom. The number of nitro benzene ring substituents is 1. The minimum Gasteiger partial charge on any atom is -0.508 e. The maximum atomic E-state index is 11.1. The topological polar surface area (TPSA) is 75.4 Å². The molecule has 0 radical (unpaired) electrons. The van der Waals surface area contributed by atoms with Crippen molar-refractivity contribution in [3.05, 3.63) is 63.2 Å². The molecule has 0 saturated carbocycles. The van der Waals surface area contributed by atoms with E-state index in [0.717, 1.165) is 16.8 Å². The van der Waals surface area contributed by atoms with E-state index < -0.39 is 0 Å². The molecule has 0 saturated heterocycles. The summed E-state index contributed by atoms with van der Waals surface area (Å²) in [4.78, 5) is 10.7.